The van der Waals surface area contributed by atoms with Gasteiger partial charge in [-0.15, -0.1) is 0 Å². The summed E-state index contributed by atoms with van der Waals surface area (Å²) in [5, 5.41) is 0. The highest BCUT2D eigenvalue weighted by atomic mass is 35.5. The standard InChI is InChI=1S/C14H11Cl2F/c1-10-4-2-3-5-13(10)14(15,16)11-6-8-12(17)9-7-11/h2-9H,1H3. The Morgan fingerprint density at radius 2 is 1.53 bits per heavy atom. The number of rotatable bonds is 2. The highest BCUT2D eigenvalue weighted by Crippen LogP contribution is 2.42. The molecule has 0 atom stereocenters. The van der Waals surface area contributed by atoms with Crippen LogP contribution in [0.4, 0.5) is 4.39 Å². The van der Waals surface area contributed by atoms with Crippen LogP contribution in [0.15, 0.2) is 48.5 Å². The fourth-order valence-electron chi connectivity index (χ4n) is 1.74. The second kappa shape index (κ2) is 4.67. The summed E-state index contributed by atoms with van der Waals surface area (Å²) in [5.41, 5.74) is 2.48. The molecule has 0 spiro atoms. The third kappa shape index (κ3) is 2.46. The molecule has 2 aromatic carbocycles. The molecule has 0 aliphatic heterocycles. The van der Waals surface area contributed by atoms with E-state index < -0.39 is 4.33 Å². The van der Waals surface area contributed by atoms with Crippen LogP contribution in [0.1, 0.15) is 16.7 Å². The normalized spacial score (nSPS) is 11.5. The van der Waals surface area contributed by atoms with Crippen molar-refractivity contribution in [3.8, 4) is 0 Å². The molecule has 0 aliphatic carbocycles. The molecule has 0 saturated carbocycles. The van der Waals surface area contributed by atoms with Gasteiger partial charge in [0.25, 0.3) is 0 Å². The van der Waals surface area contributed by atoms with Crippen LogP contribution < -0.4 is 0 Å². The minimum absolute atomic E-state index is 0.303. The van der Waals surface area contributed by atoms with Gasteiger partial charge in [-0.3, -0.25) is 0 Å². The number of alkyl halides is 2. The highest BCUT2D eigenvalue weighted by Gasteiger charge is 2.30. The lowest BCUT2D eigenvalue weighted by molar-refractivity contribution is 0.627. The molecule has 0 radical (unpaired) electrons. The molecular formula is C14H11Cl2F. The first-order chi connectivity index (χ1) is 8.01. The average Bonchev–Trinajstić information content (AvgIpc) is 2.30. The minimum atomic E-state index is -1.15. The van der Waals surface area contributed by atoms with E-state index in [0.29, 0.717) is 5.56 Å². The van der Waals surface area contributed by atoms with Gasteiger partial charge in [-0.2, -0.15) is 0 Å². The molecule has 3 heteroatoms. The van der Waals surface area contributed by atoms with Gasteiger partial charge in [-0.1, -0.05) is 59.6 Å². The first kappa shape index (κ1) is 12.4. The predicted molar refractivity (Wildman–Crippen MR) is 70.1 cm³/mol. The Morgan fingerprint density at radius 1 is 0.941 bits per heavy atom. The van der Waals surface area contributed by atoms with Crippen LogP contribution in [-0.2, 0) is 4.33 Å². The van der Waals surface area contributed by atoms with Crippen LogP contribution in [0.2, 0.25) is 0 Å². The maximum atomic E-state index is 12.9. The monoisotopic (exact) mass is 268 g/mol. The fraction of sp³-hybridized carbons (Fsp3) is 0.143. The number of hydrogen-bond acceptors (Lipinski definition) is 0. The van der Waals surface area contributed by atoms with Crippen molar-refractivity contribution in [1.29, 1.82) is 0 Å². The maximum absolute atomic E-state index is 12.9. The fourth-order valence-corrected chi connectivity index (χ4v) is 2.42. The Balaban J connectivity index is 2.49. The van der Waals surface area contributed by atoms with Crippen molar-refractivity contribution in [1.82, 2.24) is 0 Å². The summed E-state index contributed by atoms with van der Waals surface area (Å²) in [6.45, 7) is 1.94. The third-order valence-corrected chi connectivity index (χ3v) is 3.53. The Bertz CT molecular complexity index is 518. The second-order valence-electron chi connectivity index (χ2n) is 3.90. The Morgan fingerprint density at radius 3 is 2.12 bits per heavy atom. The smallest absolute Gasteiger partial charge is 0.168 e. The molecule has 0 aliphatic rings. The first-order valence-electron chi connectivity index (χ1n) is 5.22. The lowest BCUT2D eigenvalue weighted by Gasteiger charge is -2.22. The average molecular weight is 269 g/mol. The van der Waals surface area contributed by atoms with Gasteiger partial charge in [0.05, 0.1) is 0 Å². The van der Waals surface area contributed by atoms with Gasteiger partial charge in [0.2, 0.25) is 0 Å². The van der Waals surface area contributed by atoms with Crippen molar-refractivity contribution in [2.45, 2.75) is 11.3 Å². The van der Waals surface area contributed by atoms with Crippen molar-refractivity contribution < 1.29 is 4.39 Å². The van der Waals surface area contributed by atoms with Crippen LogP contribution >= 0.6 is 23.2 Å². The summed E-state index contributed by atoms with van der Waals surface area (Å²) in [4.78, 5) is 0. The molecule has 0 N–H and O–H groups in total. The van der Waals surface area contributed by atoms with Crippen LogP contribution in [0.5, 0.6) is 0 Å². The summed E-state index contributed by atoms with van der Waals surface area (Å²) < 4.78 is 11.7. The quantitative estimate of drug-likeness (QED) is 0.686. The molecule has 0 heterocycles. The molecule has 0 bridgehead atoms. The van der Waals surface area contributed by atoms with Crippen molar-refractivity contribution >= 4 is 23.2 Å². The van der Waals surface area contributed by atoms with E-state index in [0.717, 1.165) is 11.1 Å². The van der Waals surface area contributed by atoms with Gasteiger partial charge < -0.3 is 0 Å². The molecule has 17 heavy (non-hydrogen) atoms. The van der Waals surface area contributed by atoms with E-state index in [2.05, 4.69) is 0 Å². The highest BCUT2D eigenvalue weighted by molar-refractivity contribution is 6.50. The van der Waals surface area contributed by atoms with E-state index in [4.69, 9.17) is 23.2 Å². The van der Waals surface area contributed by atoms with E-state index in [1.807, 2.05) is 31.2 Å². The number of halogens is 3. The molecular weight excluding hydrogens is 258 g/mol. The Labute approximate surface area is 110 Å². The maximum Gasteiger partial charge on any atom is 0.168 e. The molecule has 2 aromatic rings. The van der Waals surface area contributed by atoms with Crippen molar-refractivity contribution in [3.63, 3.8) is 0 Å². The van der Waals surface area contributed by atoms with E-state index in [-0.39, 0.29) is 5.82 Å². The van der Waals surface area contributed by atoms with Gasteiger partial charge in [0, 0.05) is 0 Å². The minimum Gasteiger partial charge on any atom is -0.207 e. The van der Waals surface area contributed by atoms with E-state index in [1.165, 1.54) is 12.1 Å². The first-order valence-corrected chi connectivity index (χ1v) is 5.97. The Kier molecular flexibility index (Phi) is 3.41. The van der Waals surface area contributed by atoms with Gasteiger partial charge in [0.15, 0.2) is 4.33 Å². The Hall–Kier alpha value is -1.05. The largest absolute Gasteiger partial charge is 0.207 e. The van der Waals surface area contributed by atoms with Crippen LogP contribution in [0, 0.1) is 12.7 Å². The number of aryl methyl sites for hydroxylation is 1. The van der Waals surface area contributed by atoms with Crippen molar-refractivity contribution in [2.24, 2.45) is 0 Å². The van der Waals surface area contributed by atoms with Crippen LogP contribution in [0.3, 0.4) is 0 Å². The molecule has 0 unspecified atom stereocenters. The molecule has 2 rings (SSSR count). The number of benzene rings is 2. The summed E-state index contributed by atoms with van der Waals surface area (Å²) in [7, 11) is 0. The summed E-state index contributed by atoms with van der Waals surface area (Å²) in [5.74, 6) is -0.303. The zero-order chi connectivity index (χ0) is 12.5. The van der Waals surface area contributed by atoms with Gasteiger partial charge in [0.1, 0.15) is 5.82 Å². The SMILES string of the molecule is Cc1ccccc1C(Cl)(Cl)c1ccc(F)cc1. The van der Waals surface area contributed by atoms with Crippen molar-refractivity contribution in [2.75, 3.05) is 0 Å². The van der Waals surface area contributed by atoms with Gasteiger partial charge >= 0.3 is 0 Å². The van der Waals surface area contributed by atoms with Crippen LogP contribution in [0.25, 0.3) is 0 Å². The lowest BCUT2D eigenvalue weighted by atomic mass is 9.99. The molecule has 0 saturated heterocycles. The molecule has 0 nitrogen and oxygen atoms in total. The molecule has 0 aromatic heterocycles. The summed E-state index contributed by atoms with van der Waals surface area (Å²) >= 11 is 12.8. The second-order valence-corrected chi connectivity index (χ2v) is 5.22. The predicted octanol–water partition coefficient (Wildman–Crippen LogP) is 4.81. The third-order valence-electron chi connectivity index (χ3n) is 2.69. The topological polar surface area (TPSA) is 0 Å². The summed E-state index contributed by atoms with van der Waals surface area (Å²) in [6.07, 6.45) is 0. The van der Waals surface area contributed by atoms with Gasteiger partial charge in [-0.05, 0) is 35.7 Å². The van der Waals surface area contributed by atoms with E-state index in [1.54, 1.807) is 12.1 Å². The van der Waals surface area contributed by atoms with Gasteiger partial charge in [-0.25, -0.2) is 4.39 Å². The molecule has 0 amide bonds. The van der Waals surface area contributed by atoms with Crippen molar-refractivity contribution in [3.05, 3.63) is 71.0 Å². The molecule has 0 fully saturated rings. The number of hydrogen-bond donors (Lipinski definition) is 0. The van der Waals surface area contributed by atoms with E-state index >= 15 is 0 Å². The zero-order valence-electron chi connectivity index (χ0n) is 9.25. The van der Waals surface area contributed by atoms with Crippen LogP contribution in [-0.4, -0.2) is 0 Å². The van der Waals surface area contributed by atoms with E-state index in [9.17, 15) is 4.39 Å². The molecule has 88 valence electrons. The zero-order valence-corrected chi connectivity index (χ0v) is 10.8. The summed E-state index contributed by atoms with van der Waals surface area (Å²) in [6, 6.07) is 13.5. The lowest BCUT2D eigenvalue weighted by Crippen LogP contribution is -2.13.